The Hall–Kier alpha value is -0.570. The summed E-state index contributed by atoms with van der Waals surface area (Å²) in [6.45, 7) is 5.36. The van der Waals surface area contributed by atoms with E-state index in [2.05, 4.69) is 36.7 Å². The summed E-state index contributed by atoms with van der Waals surface area (Å²) >= 11 is 7.82. The Kier molecular flexibility index (Phi) is 3.85. The molecule has 0 saturated carbocycles. The quantitative estimate of drug-likeness (QED) is 0.865. The number of thiophene rings is 1. The van der Waals surface area contributed by atoms with Crippen LogP contribution < -0.4 is 5.32 Å². The van der Waals surface area contributed by atoms with Crippen LogP contribution in [0.4, 0.5) is 0 Å². The lowest BCUT2D eigenvalue weighted by atomic mass is 10.1. The van der Waals surface area contributed by atoms with E-state index >= 15 is 0 Å². The van der Waals surface area contributed by atoms with Crippen molar-refractivity contribution in [1.29, 1.82) is 0 Å². The third kappa shape index (κ3) is 2.76. The first-order valence-electron chi connectivity index (χ1n) is 5.56. The third-order valence-electron chi connectivity index (χ3n) is 2.56. The minimum absolute atomic E-state index is 0.550. The van der Waals surface area contributed by atoms with Crippen LogP contribution in [0.25, 0.3) is 10.1 Å². The summed E-state index contributed by atoms with van der Waals surface area (Å²) in [5.74, 6) is 0. The summed E-state index contributed by atoms with van der Waals surface area (Å²) < 4.78 is 1.32. The number of rotatable bonds is 4. The van der Waals surface area contributed by atoms with E-state index in [1.54, 1.807) is 11.3 Å². The van der Waals surface area contributed by atoms with Crippen LogP contribution in [0.5, 0.6) is 0 Å². The molecule has 0 bridgehead atoms. The Morgan fingerprint density at radius 3 is 2.94 bits per heavy atom. The average molecular weight is 254 g/mol. The summed E-state index contributed by atoms with van der Waals surface area (Å²) in [5.41, 5.74) is 1.40. The van der Waals surface area contributed by atoms with Gasteiger partial charge in [0.25, 0.3) is 0 Å². The molecule has 2 aromatic rings. The normalized spacial score (nSPS) is 11.5. The van der Waals surface area contributed by atoms with Gasteiger partial charge >= 0.3 is 0 Å². The Balaban J connectivity index is 2.15. The maximum atomic E-state index is 6.02. The minimum Gasteiger partial charge on any atom is -0.314 e. The summed E-state index contributed by atoms with van der Waals surface area (Å²) in [6, 6.07) is 6.67. The molecule has 1 nitrogen and oxygen atoms in total. The summed E-state index contributed by atoms with van der Waals surface area (Å²) in [5, 5.41) is 7.81. The van der Waals surface area contributed by atoms with Crippen molar-refractivity contribution < 1.29 is 0 Å². The number of hydrogen-bond acceptors (Lipinski definition) is 2. The number of halogens is 1. The second-order valence-electron chi connectivity index (χ2n) is 4.26. The fourth-order valence-corrected chi connectivity index (χ4v) is 2.89. The highest BCUT2D eigenvalue weighted by atomic mass is 35.5. The zero-order valence-electron chi connectivity index (χ0n) is 9.59. The molecule has 1 heterocycles. The number of fused-ring (bicyclic) bond motifs is 1. The van der Waals surface area contributed by atoms with Gasteiger partial charge in [-0.2, -0.15) is 0 Å². The van der Waals surface area contributed by atoms with Crippen molar-refractivity contribution in [2.75, 3.05) is 6.54 Å². The van der Waals surface area contributed by atoms with Gasteiger partial charge in [-0.25, -0.2) is 0 Å². The van der Waals surface area contributed by atoms with Crippen LogP contribution in [-0.2, 0) is 6.42 Å². The van der Waals surface area contributed by atoms with Crippen LogP contribution in [0.2, 0.25) is 5.02 Å². The largest absolute Gasteiger partial charge is 0.314 e. The van der Waals surface area contributed by atoms with Gasteiger partial charge in [-0.05, 0) is 47.5 Å². The van der Waals surface area contributed by atoms with Crippen molar-refractivity contribution in [3.05, 3.63) is 34.2 Å². The first-order valence-corrected chi connectivity index (χ1v) is 6.81. The molecular weight excluding hydrogens is 238 g/mol. The fraction of sp³-hybridized carbons (Fsp3) is 0.385. The zero-order chi connectivity index (χ0) is 11.5. The molecule has 1 aromatic carbocycles. The van der Waals surface area contributed by atoms with Crippen LogP contribution in [-0.4, -0.2) is 12.6 Å². The second-order valence-corrected chi connectivity index (χ2v) is 5.61. The van der Waals surface area contributed by atoms with Crippen LogP contribution in [0.15, 0.2) is 23.6 Å². The van der Waals surface area contributed by atoms with Gasteiger partial charge < -0.3 is 5.32 Å². The smallest absolute Gasteiger partial charge is 0.0413 e. The molecule has 0 unspecified atom stereocenters. The topological polar surface area (TPSA) is 12.0 Å². The van der Waals surface area contributed by atoms with Gasteiger partial charge in [0.15, 0.2) is 0 Å². The van der Waals surface area contributed by atoms with Gasteiger partial charge in [0, 0.05) is 15.8 Å². The highest BCUT2D eigenvalue weighted by molar-refractivity contribution is 7.17. The van der Waals surface area contributed by atoms with Gasteiger partial charge in [-0.3, -0.25) is 0 Å². The maximum absolute atomic E-state index is 6.02. The zero-order valence-corrected chi connectivity index (χ0v) is 11.2. The van der Waals surface area contributed by atoms with Crippen LogP contribution >= 0.6 is 22.9 Å². The van der Waals surface area contributed by atoms with Crippen molar-refractivity contribution in [2.45, 2.75) is 26.3 Å². The highest BCUT2D eigenvalue weighted by Gasteiger charge is 2.04. The molecule has 0 amide bonds. The average Bonchev–Trinajstić information content (AvgIpc) is 2.60. The monoisotopic (exact) mass is 253 g/mol. The minimum atomic E-state index is 0.550. The van der Waals surface area contributed by atoms with Crippen molar-refractivity contribution in [2.24, 2.45) is 0 Å². The Labute approximate surface area is 105 Å². The molecule has 0 aliphatic heterocycles. The summed E-state index contributed by atoms with van der Waals surface area (Å²) in [4.78, 5) is 0. The molecular formula is C13H16ClNS. The first-order chi connectivity index (χ1) is 7.66. The Bertz CT molecular complexity index is 476. The van der Waals surface area contributed by atoms with E-state index < -0.39 is 0 Å². The molecule has 0 saturated heterocycles. The van der Waals surface area contributed by atoms with Gasteiger partial charge in [0.2, 0.25) is 0 Å². The number of nitrogens with one attached hydrogen (secondary N) is 1. The predicted octanol–water partition coefficient (Wildman–Crippen LogP) is 4.10. The van der Waals surface area contributed by atoms with E-state index in [0.29, 0.717) is 6.04 Å². The molecule has 1 N–H and O–H groups in total. The predicted molar refractivity (Wildman–Crippen MR) is 73.7 cm³/mol. The molecule has 0 radical (unpaired) electrons. The summed E-state index contributed by atoms with van der Waals surface area (Å²) in [7, 11) is 0. The van der Waals surface area contributed by atoms with E-state index in [-0.39, 0.29) is 0 Å². The van der Waals surface area contributed by atoms with Gasteiger partial charge in [0.05, 0.1) is 0 Å². The molecule has 0 atom stereocenters. The van der Waals surface area contributed by atoms with E-state index in [1.807, 2.05) is 6.07 Å². The van der Waals surface area contributed by atoms with Gasteiger partial charge in [-0.1, -0.05) is 25.4 Å². The molecule has 1 aromatic heterocycles. The first kappa shape index (κ1) is 11.9. The lowest BCUT2D eigenvalue weighted by molar-refractivity contribution is 0.591. The standard InChI is InChI=1S/C13H16ClNS/c1-9(2)15-6-5-10-8-16-13-4-3-11(14)7-12(10)13/h3-4,7-9,15H,5-6H2,1-2H3. The van der Waals surface area contributed by atoms with Crippen molar-refractivity contribution in [1.82, 2.24) is 5.32 Å². The molecule has 2 rings (SSSR count). The number of hydrogen-bond donors (Lipinski definition) is 1. The molecule has 0 aliphatic rings. The lowest BCUT2D eigenvalue weighted by Crippen LogP contribution is -2.24. The van der Waals surface area contributed by atoms with E-state index in [4.69, 9.17) is 11.6 Å². The maximum Gasteiger partial charge on any atom is 0.0413 e. The SMILES string of the molecule is CC(C)NCCc1csc2ccc(Cl)cc12. The van der Waals surface area contributed by atoms with Crippen LogP contribution in [0.3, 0.4) is 0 Å². The third-order valence-corrected chi connectivity index (χ3v) is 3.81. The van der Waals surface area contributed by atoms with Gasteiger partial charge in [0.1, 0.15) is 0 Å². The lowest BCUT2D eigenvalue weighted by Gasteiger charge is -2.07. The van der Waals surface area contributed by atoms with E-state index in [1.165, 1.54) is 15.6 Å². The molecule has 0 spiro atoms. The number of benzene rings is 1. The second kappa shape index (κ2) is 5.17. The van der Waals surface area contributed by atoms with Crippen LogP contribution in [0, 0.1) is 0 Å². The molecule has 0 fully saturated rings. The van der Waals surface area contributed by atoms with E-state index in [0.717, 1.165) is 18.0 Å². The van der Waals surface area contributed by atoms with Gasteiger partial charge in [-0.15, -0.1) is 11.3 Å². The van der Waals surface area contributed by atoms with E-state index in [9.17, 15) is 0 Å². The van der Waals surface area contributed by atoms with Crippen molar-refractivity contribution in [3.63, 3.8) is 0 Å². The van der Waals surface area contributed by atoms with Crippen LogP contribution in [0.1, 0.15) is 19.4 Å². The molecule has 3 heteroatoms. The van der Waals surface area contributed by atoms with Crippen molar-refractivity contribution in [3.8, 4) is 0 Å². The molecule has 16 heavy (non-hydrogen) atoms. The molecule has 86 valence electrons. The Morgan fingerprint density at radius 1 is 1.38 bits per heavy atom. The molecule has 0 aliphatic carbocycles. The summed E-state index contributed by atoms with van der Waals surface area (Å²) in [6.07, 6.45) is 1.07. The fourth-order valence-electron chi connectivity index (χ4n) is 1.74. The van der Waals surface area contributed by atoms with Crippen molar-refractivity contribution >= 4 is 33.0 Å². The Morgan fingerprint density at radius 2 is 2.19 bits per heavy atom. The highest BCUT2D eigenvalue weighted by Crippen LogP contribution is 2.28.